The van der Waals surface area contributed by atoms with Gasteiger partial charge in [-0.2, -0.15) is 0 Å². The van der Waals surface area contributed by atoms with E-state index in [4.69, 9.17) is 37.9 Å². The molecular weight excluding hydrogens is 847 g/mol. The van der Waals surface area contributed by atoms with E-state index in [1.165, 1.54) is 26.2 Å². The van der Waals surface area contributed by atoms with Crippen LogP contribution in [0.4, 0.5) is 4.79 Å². The number of alkyl carbamates (subject to hydrolysis) is 1. The van der Waals surface area contributed by atoms with Gasteiger partial charge in [-0.3, -0.25) is 9.59 Å². The third kappa shape index (κ3) is 9.33. The first-order valence-corrected chi connectivity index (χ1v) is 21.9. The average Bonchev–Trinajstić information content (AvgIpc) is 3.24. The Labute approximate surface area is 379 Å². The molecule has 2 aromatic rings. The van der Waals surface area contributed by atoms with Gasteiger partial charge in [0.05, 0.1) is 62.1 Å². The molecule has 17 nitrogen and oxygen atoms in total. The minimum atomic E-state index is -2.31. The summed E-state index contributed by atoms with van der Waals surface area (Å²) in [6.45, 7) is 11.8. The first-order chi connectivity index (χ1) is 30.6. The van der Waals surface area contributed by atoms with E-state index in [1.807, 2.05) is 0 Å². The maximum absolute atomic E-state index is 16.0. The van der Waals surface area contributed by atoms with E-state index >= 15 is 4.79 Å². The van der Waals surface area contributed by atoms with E-state index in [0.29, 0.717) is 11.1 Å². The monoisotopic (exact) mass is 909 g/mol. The molecule has 0 spiro atoms. The van der Waals surface area contributed by atoms with Crippen molar-refractivity contribution in [1.29, 1.82) is 0 Å². The number of amides is 1. The quantitative estimate of drug-likeness (QED) is 0.0858. The minimum absolute atomic E-state index is 0.00799. The summed E-state index contributed by atoms with van der Waals surface area (Å²) in [6, 6.07) is 14.9. The molecule has 1 aliphatic heterocycles. The molecule has 0 aromatic heterocycles. The lowest BCUT2D eigenvalue weighted by Crippen LogP contribution is -2.82. The number of rotatable bonds is 15. The highest BCUT2D eigenvalue weighted by molar-refractivity contribution is 5.94. The van der Waals surface area contributed by atoms with Gasteiger partial charge in [0.2, 0.25) is 0 Å². The lowest BCUT2D eigenvalue weighted by molar-refractivity contribution is -0.349. The predicted molar refractivity (Wildman–Crippen MR) is 230 cm³/mol. The van der Waals surface area contributed by atoms with Crippen molar-refractivity contribution in [2.24, 2.45) is 16.7 Å². The fraction of sp³-hybridized carbons (Fsp3) is 0.604. The Kier molecular flexibility index (Phi) is 14.7. The van der Waals surface area contributed by atoms with Crippen LogP contribution in [0.3, 0.4) is 0 Å². The van der Waals surface area contributed by atoms with Gasteiger partial charge in [-0.15, -0.1) is 0 Å². The van der Waals surface area contributed by atoms with Crippen molar-refractivity contribution in [2.45, 2.75) is 128 Å². The van der Waals surface area contributed by atoms with Crippen LogP contribution in [0.25, 0.3) is 0 Å². The van der Waals surface area contributed by atoms with Gasteiger partial charge < -0.3 is 58.5 Å². The summed E-state index contributed by atoms with van der Waals surface area (Å²) >= 11 is 0. The van der Waals surface area contributed by atoms with Crippen molar-refractivity contribution in [1.82, 2.24) is 5.32 Å². The van der Waals surface area contributed by atoms with E-state index in [1.54, 1.807) is 97.0 Å². The average molecular weight is 910 g/mol. The summed E-state index contributed by atoms with van der Waals surface area (Å²) in [5.41, 5.74) is -7.34. The zero-order valence-electron chi connectivity index (χ0n) is 38.5. The van der Waals surface area contributed by atoms with Crippen molar-refractivity contribution in [3.05, 3.63) is 82.9 Å². The zero-order chi connectivity index (χ0) is 47.7. The number of aliphatic hydroxyl groups excluding tert-OH is 2. The van der Waals surface area contributed by atoms with E-state index in [2.05, 4.69) is 5.32 Å². The molecule has 2 aromatic carbocycles. The van der Waals surface area contributed by atoms with Crippen molar-refractivity contribution in [3.8, 4) is 0 Å². The number of methoxy groups -OCH3 is 1. The molecule has 1 saturated heterocycles. The van der Waals surface area contributed by atoms with Gasteiger partial charge in [0.1, 0.15) is 35.6 Å². The van der Waals surface area contributed by atoms with Gasteiger partial charge in [0.25, 0.3) is 0 Å². The molecule has 3 aliphatic carbocycles. The number of hydrogen-bond acceptors (Lipinski definition) is 16. The Morgan fingerprint density at radius 2 is 1.58 bits per heavy atom. The lowest BCUT2D eigenvalue weighted by atomic mass is 9.44. The molecule has 3 fully saturated rings. The fourth-order valence-electron chi connectivity index (χ4n) is 10.3. The number of fused-ring (bicyclic) bond motifs is 5. The fourth-order valence-corrected chi connectivity index (χ4v) is 10.3. The number of benzene rings is 2. The van der Waals surface area contributed by atoms with Crippen molar-refractivity contribution >= 4 is 29.8 Å². The molecule has 2 saturated carbocycles. The zero-order valence-corrected chi connectivity index (χ0v) is 38.5. The molecule has 6 rings (SSSR count). The summed E-state index contributed by atoms with van der Waals surface area (Å²) in [4.78, 5) is 71.2. The second kappa shape index (κ2) is 19.2. The van der Waals surface area contributed by atoms with E-state index < -0.39 is 119 Å². The van der Waals surface area contributed by atoms with E-state index in [-0.39, 0.29) is 44.0 Å². The minimum Gasteiger partial charge on any atom is -0.456 e. The maximum atomic E-state index is 16.0. The number of Topliss-reactive ketones (excluding diaryl/α,β-unsaturated/α-hetero) is 1. The van der Waals surface area contributed by atoms with Gasteiger partial charge in [0.15, 0.2) is 17.5 Å². The van der Waals surface area contributed by atoms with Gasteiger partial charge in [0, 0.05) is 32.3 Å². The molecule has 1 unspecified atom stereocenters. The molecule has 1 amide bonds. The smallest absolute Gasteiger partial charge is 0.408 e. The number of aliphatic hydroxyl groups is 3. The molecule has 65 heavy (non-hydrogen) atoms. The topological polar surface area (TPSA) is 232 Å². The van der Waals surface area contributed by atoms with Crippen LogP contribution in [-0.2, 0) is 52.3 Å². The van der Waals surface area contributed by atoms with Crippen LogP contribution >= 0.6 is 0 Å². The standard InChI is InChI=1S/C48H63NO16/c1-27-31(62-42(55)36(52)35(29-16-12-10-13-17-29)49-43(56)65-44(3,4)5)25-48(57)40(63-41(54)30-18-14-11-15-19-30)38-46(8,39(53)37(60-23-22-58-9)34(27)45(48,6)7)32(59-21-20-50)24-33-47(38,26-61-33)64-28(2)51/h10-19,31-33,35-38,40,50,52,57H,20-26H2,1-9H3,(H,49,56)/t31-,32-,33+,35-,36+,37+,38?,40-,46+,47-,48+/m0/s1. The molecule has 356 valence electrons. The molecule has 17 heteroatoms. The lowest BCUT2D eigenvalue weighted by Gasteiger charge is -2.68. The number of carbonyl (C=O) groups is 5. The molecule has 2 bridgehead atoms. The maximum Gasteiger partial charge on any atom is 0.408 e. The Balaban J connectivity index is 1.56. The Morgan fingerprint density at radius 1 is 0.938 bits per heavy atom. The van der Waals surface area contributed by atoms with Crippen LogP contribution in [0.2, 0.25) is 0 Å². The summed E-state index contributed by atoms with van der Waals surface area (Å²) in [6.07, 6.45) is -10.1. The SMILES string of the molecule is COCCO[C@H]1C(=O)[C@@]2(C)C([C@H](OC(=O)c3ccccc3)[C@]3(O)C[C@H](OC(=O)[C@H](O)[C@@H](NC(=O)OC(C)(C)C)c4ccccc4)C(C)=C1C3(C)C)[C@]1(OC(C)=O)CO[C@@H]1C[C@@H]2OCCO. The summed E-state index contributed by atoms with van der Waals surface area (Å²) in [7, 11) is 1.46. The molecular formula is C48H63NO16. The number of ether oxygens (including phenoxy) is 8. The molecule has 1 heterocycles. The third-order valence-electron chi connectivity index (χ3n) is 13.5. The highest BCUT2D eigenvalue weighted by Gasteiger charge is 2.78. The third-order valence-corrected chi connectivity index (χ3v) is 13.5. The van der Waals surface area contributed by atoms with Crippen LogP contribution in [0.5, 0.6) is 0 Å². The van der Waals surface area contributed by atoms with Crippen LogP contribution in [0.1, 0.15) is 90.2 Å². The number of ketones is 1. The highest BCUT2D eigenvalue weighted by atomic mass is 16.6. The Hall–Kier alpha value is -4.75. The normalized spacial score (nSPS) is 31.4. The number of esters is 3. The number of nitrogens with one attached hydrogen (secondary N) is 1. The van der Waals surface area contributed by atoms with E-state index in [9.17, 15) is 34.5 Å². The largest absolute Gasteiger partial charge is 0.456 e. The van der Waals surface area contributed by atoms with Crippen molar-refractivity contribution in [2.75, 3.05) is 40.1 Å². The number of carbonyl (C=O) groups excluding carboxylic acids is 5. The molecule has 11 atom stereocenters. The van der Waals surface area contributed by atoms with Gasteiger partial charge in [-0.05, 0) is 63.5 Å². The second-order valence-electron chi connectivity index (χ2n) is 19.0. The van der Waals surface area contributed by atoms with Crippen LogP contribution in [-0.4, -0.2) is 139 Å². The molecule has 0 radical (unpaired) electrons. The second-order valence-corrected chi connectivity index (χ2v) is 19.0. The first kappa shape index (κ1) is 49.7. The molecule has 4 N–H and O–H groups in total. The number of hydrogen-bond donors (Lipinski definition) is 4. The van der Waals surface area contributed by atoms with Gasteiger partial charge in [-0.1, -0.05) is 62.4 Å². The Bertz CT molecular complexity index is 2100. The van der Waals surface area contributed by atoms with Crippen LogP contribution < -0.4 is 5.32 Å². The van der Waals surface area contributed by atoms with E-state index in [0.717, 1.165) is 0 Å². The van der Waals surface area contributed by atoms with Gasteiger partial charge in [-0.25, -0.2) is 14.4 Å². The van der Waals surface area contributed by atoms with Crippen LogP contribution in [0.15, 0.2) is 71.8 Å². The van der Waals surface area contributed by atoms with Crippen LogP contribution in [0, 0.1) is 16.7 Å². The summed E-state index contributed by atoms with van der Waals surface area (Å²) < 4.78 is 48.6. The summed E-state index contributed by atoms with van der Waals surface area (Å²) in [5, 5.41) is 38.3. The van der Waals surface area contributed by atoms with Gasteiger partial charge >= 0.3 is 24.0 Å². The Morgan fingerprint density at radius 3 is 2.15 bits per heavy atom. The van der Waals surface area contributed by atoms with Crippen molar-refractivity contribution in [3.63, 3.8) is 0 Å². The van der Waals surface area contributed by atoms with Crippen molar-refractivity contribution < 1.29 is 77.2 Å². The predicted octanol–water partition coefficient (Wildman–Crippen LogP) is 3.95. The first-order valence-electron chi connectivity index (χ1n) is 21.9. The molecule has 4 aliphatic rings. The highest BCUT2D eigenvalue weighted by Crippen LogP contribution is 2.65. The summed E-state index contributed by atoms with van der Waals surface area (Å²) in [5.74, 6) is -4.84.